The van der Waals surface area contributed by atoms with Crippen LogP contribution in [0.4, 0.5) is 0 Å². The zero-order valence-electron chi connectivity index (χ0n) is 10.9. The van der Waals surface area contributed by atoms with Gasteiger partial charge in [0.1, 0.15) is 6.54 Å². The molecule has 1 aromatic rings. The van der Waals surface area contributed by atoms with Gasteiger partial charge >= 0.3 is 0 Å². The summed E-state index contributed by atoms with van der Waals surface area (Å²) in [5.74, 6) is 0. The van der Waals surface area contributed by atoms with Crippen LogP contribution in [0.15, 0.2) is 24.3 Å². The Labute approximate surface area is 121 Å². The Morgan fingerprint density at radius 1 is 1.33 bits per heavy atom. The van der Waals surface area contributed by atoms with Gasteiger partial charge in [-0.2, -0.15) is 0 Å². The minimum absolute atomic E-state index is 0.106. The summed E-state index contributed by atoms with van der Waals surface area (Å²) < 4.78 is 0.738. The molecule has 0 radical (unpaired) electrons. The van der Waals surface area contributed by atoms with Crippen molar-refractivity contribution in [3.63, 3.8) is 0 Å². The summed E-state index contributed by atoms with van der Waals surface area (Å²) in [5.41, 5.74) is 0.926. The number of likely N-dealkylation sites (N-methyl/N-ethyl adjacent to an activating group) is 1. The Hall–Kier alpha value is -0.790. The molecular formula is C13H19INO3+. The summed E-state index contributed by atoms with van der Waals surface area (Å²) in [6.07, 6.45) is 0.686. The molecule has 0 spiro atoms. The van der Waals surface area contributed by atoms with E-state index in [0.717, 1.165) is 11.0 Å². The van der Waals surface area contributed by atoms with Crippen LogP contribution >= 0.6 is 22.6 Å². The fraction of sp³-hybridized carbons (Fsp3) is 0.385. The van der Waals surface area contributed by atoms with Gasteiger partial charge in [-0.1, -0.05) is 18.2 Å². The lowest BCUT2D eigenvalue weighted by atomic mass is 10.1. The molecule has 100 valence electrons. The van der Waals surface area contributed by atoms with Crippen LogP contribution in [0.2, 0.25) is 0 Å². The zero-order chi connectivity index (χ0) is 14.2. The van der Waals surface area contributed by atoms with Gasteiger partial charge in [0.2, 0.25) is 3.79 Å². The van der Waals surface area contributed by atoms with E-state index in [1.807, 2.05) is 0 Å². The number of nitrogens with zero attached hydrogens (tertiary/aromatic N) is 1. The highest BCUT2D eigenvalue weighted by Crippen LogP contribution is 2.10. The molecule has 0 unspecified atom stereocenters. The van der Waals surface area contributed by atoms with E-state index in [1.165, 1.54) is 0 Å². The number of benzene rings is 1. The molecule has 0 aliphatic heterocycles. The van der Waals surface area contributed by atoms with Crippen LogP contribution in [0.25, 0.3) is 0 Å². The molecular weight excluding hydrogens is 345 g/mol. The van der Waals surface area contributed by atoms with Gasteiger partial charge < -0.3 is 9.59 Å². The van der Waals surface area contributed by atoms with Crippen molar-refractivity contribution in [1.29, 1.82) is 0 Å². The molecule has 1 rings (SSSR count). The average molecular weight is 364 g/mol. The second-order valence-corrected chi connectivity index (χ2v) is 5.70. The van der Waals surface area contributed by atoms with Gasteiger partial charge in [0, 0.05) is 33.7 Å². The number of carbonyl (C=O) groups excluding carboxylic acids is 2. The number of hydrogen-bond donors (Lipinski definition) is 1. The predicted molar refractivity (Wildman–Crippen MR) is 80.2 cm³/mol. The van der Waals surface area contributed by atoms with Crippen molar-refractivity contribution in [2.24, 2.45) is 0 Å². The normalized spacial score (nSPS) is 10.3. The molecule has 1 N–H and O–H groups in total. The quantitative estimate of drug-likeness (QED) is 0.383. The second-order valence-electron chi connectivity index (χ2n) is 4.72. The molecule has 0 saturated carbocycles. The number of rotatable bonds is 4. The Morgan fingerprint density at radius 2 is 1.89 bits per heavy atom. The SMILES string of the molecule is C[N+](C)(C)CCO.O=Cc1ccccc1C(=O)I. The van der Waals surface area contributed by atoms with E-state index in [1.54, 1.807) is 46.9 Å². The van der Waals surface area contributed by atoms with E-state index >= 15 is 0 Å². The summed E-state index contributed by atoms with van der Waals surface area (Å²) in [4.78, 5) is 21.2. The van der Waals surface area contributed by atoms with Crippen molar-refractivity contribution < 1.29 is 19.2 Å². The molecule has 0 saturated heterocycles. The molecule has 5 heteroatoms. The summed E-state index contributed by atoms with van der Waals surface area (Å²) in [6, 6.07) is 6.73. The summed E-state index contributed by atoms with van der Waals surface area (Å²) in [6.45, 7) is 1.11. The van der Waals surface area contributed by atoms with E-state index in [9.17, 15) is 9.59 Å². The third kappa shape index (κ3) is 7.52. The number of aldehydes is 1. The molecule has 0 heterocycles. The van der Waals surface area contributed by atoms with Crippen molar-refractivity contribution in [3.05, 3.63) is 35.4 Å². The first-order valence-electron chi connectivity index (χ1n) is 5.47. The first-order valence-corrected chi connectivity index (χ1v) is 6.55. The maximum absolute atomic E-state index is 10.9. The van der Waals surface area contributed by atoms with Gasteiger partial charge in [0.25, 0.3) is 0 Å². The first kappa shape index (κ1) is 17.2. The number of hydrogen-bond acceptors (Lipinski definition) is 3. The van der Waals surface area contributed by atoms with Crippen LogP contribution in [-0.2, 0) is 0 Å². The molecule has 0 aromatic heterocycles. The second kappa shape index (κ2) is 8.34. The molecule has 0 aliphatic rings. The van der Waals surface area contributed by atoms with Crippen LogP contribution in [0.3, 0.4) is 0 Å². The fourth-order valence-electron chi connectivity index (χ4n) is 1.08. The minimum Gasteiger partial charge on any atom is -0.391 e. The van der Waals surface area contributed by atoms with Crippen LogP contribution in [0.5, 0.6) is 0 Å². The maximum atomic E-state index is 10.9. The Kier molecular flexibility index (Phi) is 7.97. The van der Waals surface area contributed by atoms with E-state index in [4.69, 9.17) is 5.11 Å². The number of aliphatic hydroxyl groups excluding tert-OH is 1. The smallest absolute Gasteiger partial charge is 0.223 e. The minimum atomic E-state index is -0.106. The largest absolute Gasteiger partial charge is 0.391 e. The molecule has 0 aliphatic carbocycles. The van der Waals surface area contributed by atoms with E-state index in [-0.39, 0.29) is 10.4 Å². The van der Waals surface area contributed by atoms with Crippen molar-refractivity contribution in [3.8, 4) is 0 Å². The van der Waals surface area contributed by atoms with Crippen molar-refractivity contribution >= 4 is 32.7 Å². The number of halogens is 1. The maximum Gasteiger partial charge on any atom is 0.223 e. The zero-order valence-corrected chi connectivity index (χ0v) is 13.0. The van der Waals surface area contributed by atoms with E-state index in [2.05, 4.69) is 21.1 Å². The molecule has 0 amide bonds. The molecule has 1 aromatic carbocycles. The Bertz CT molecular complexity index is 399. The Balaban J connectivity index is 0.000000360. The topological polar surface area (TPSA) is 54.4 Å². The predicted octanol–water partition coefficient (Wildman–Crippen LogP) is 1.76. The van der Waals surface area contributed by atoms with Gasteiger partial charge in [0.05, 0.1) is 27.7 Å². The van der Waals surface area contributed by atoms with Gasteiger partial charge in [-0.05, 0) is 6.07 Å². The first-order chi connectivity index (χ1) is 8.31. The van der Waals surface area contributed by atoms with E-state index < -0.39 is 0 Å². The molecule has 4 nitrogen and oxygen atoms in total. The number of aliphatic hydroxyl groups is 1. The van der Waals surface area contributed by atoms with Crippen molar-refractivity contribution in [1.82, 2.24) is 0 Å². The van der Waals surface area contributed by atoms with E-state index in [0.29, 0.717) is 17.4 Å². The van der Waals surface area contributed by atoms with Crippen molar-refractivity contribution in [2.75, 3.05) is 34.3 Å². The molecule has 18 heavy (non-hydrogen) atoms. The van der Waals surface area contributed by atoms with Gasteiger partial charge in [-0.3, -0.25) is 9.59 Å². The van der Waals surface area contributed by atoms with Gasteiger partial charge in [-0.25, -0.2) is 0 Å². The fourth-order valence-corrected chi connectivity index (χ4v) is 1.57. The molecule has 0 fully saturated rings. The Morgan fingerprint density at radius 3 is 2.17 bits per heavy atom. The van der Waals surface area contributed by atoms with Gasteiger partial charge in [0.15, 0.2) is 6.29 Å². The van der Waals surface area contributed by atoms with Crippen LogP contribution < -0.4 is 0 Å². The lowest BCUT2D eigenvalue weighted by Gasteiger charge is -2.21. The highest BCUT2D eigenvalue weighted by Gasteiger charge is 2.05. The third-order valence-electron chi connectivity index (χ3n) is 2.07. The molecule has 0 bridgehead atoms. The van der Waals surface area contributed by atoms with Crippen LogP contribution in [-0.4, -0.2) is 54.0 Å². The third-order valence-corrected chi connectivity index (χ3v) is 2.65. The summed E-state index contributed by atoms with van der Waals surface area (Å²) in [7, 11) is 6.16. The monoisotopic (exact) mass is 364 g/mol. The van der Waals surface area contributed by atoms with Crippen LogP contribution in [0.1, 0.15) is 20.7 Å². The summed E-state index contributed by atoms with van der Waals surface area (Å²) >= 11 is 1.66. The highest BCUT2D eigenvalue weighted by molar-refractivity contribution is 14.1. The van der Waals surface area contributed by atoms with Crippen molar-refractivity contribution in [2.45, 2.75) is 0 Å². The van der Waals surface area contributed by atoms with Gasteiger partial charge in [-0.15, -0.1) is 0 Å². The molecule has 0 atom stereocenters. The summed E-state index contributed by atoms with van der Waals surface area (Å²) in [5, 5.41) is 8.39. The number of carbonyl (C=O) groups is 2. The average Bonchev–Trinajstić information content (AvgIpc) is 2.28. The van der Waals surface area contributed by atoms with Crippen LogP contribution in [0, 0.1) is 0 Å². The lowest BCUT2D eigenvalue weighted by molar-refractivity contribution is -0.870. The standard InChI is InChI=1S/C8H5IO2.C5H14NO/c9-8(11)7-4-2-1-3-6(7)5-10;1-6(2,3)4-5-7/h1-5H;7H,4-5H2,1-3H3/q;+1. The number of quaternary nitrogens is 1. The lowest BCUT2D eigenvalue weighted by Crippen LogP contribution is -2.36. The highest BCUT2D eigenvalue weighted by atomic mass is 127.